The first-order valence-corrected chi connectivity index (χ1v) is 12.9. The van der Waals surface area contributed by atoms with Crippen LogP contribution in [0.5, 0.6) is 0 Å². The van der Waals surface area contributed by atoms with Gasteiger partial charge in [-0.25, -0.2) is 5.82 Å². The first kappa shape index (κ1) is 25.7. The van der Waals surface area contributed by atoms with E-state index in [1.165, 1.54) is 0 Å². The van der Waals surface area contributed by atoms with Gasteiger partial charge >= 0.3 is 6.75 Å². The van der Waals surface area contributed by atoms with Gasteiger partial charge in [-0.05, 0) is 66.6 Å². The Bertz CT molecular complexity index is 446. The van der Waals surface area contributed by atoms with Crippen molar-refractivity contribution in [2.24, 2.45) is 0 Å². The van der Waals surface area contributed by atoms with Gasteiger partial charge in [0.15, 0.2) is 8.32 Å². The zero-order valence-corrected chi connectivity index (χ0v) is 20.2. The minimum absolute atomic E-state index is 0.0392. The summed E-state index contributed by atoms with van der Waals surface area (Å²) in [6.07, 6.45) is 0.572. The van der Waals surface area contributed by atoms with Crippen molar-refractivity contribution in [3.05, 3.63) is 0 Å². The van der Waals surface area contributed by atoms with E-state index >= 15 is 0 Å². The molecule has 1 atom stereocenters. The normalized spacial score (nSPS) is 14.7. The molecule has 26 heavy (non-hydrogen) atoms. The fraction of sp³-hybridized carbons (Fsp3) is 0.900. The highest BCUT2D eigenvalue weighted by Crippen LogP contribution is 2.37. The van der Waals surface area contributed by atoms with Gasteiger partial charge in [0, 0.05) is 24.7 Å². The van der Waals surface area contributed by atoms with E-state index in [4.69, 9.17) is 18.4 Å². The van der Waals surface area contributed by atoms with Crippen LogP contribution in [0.4, 0.5) is 0 Å². The Morgan fingerprint density at radius 1 is 0.808 bits per heavy atom. The SMILES string of the molecule is CC(C)O[B-](C#CCC(C)O[Si](C)(C)C(C)(C)C)(OC(C)C)OC(C)C. The molecule has 0 aromatic heterocycles. The molecule has 1 unspecified atom stereocenters. The highest BCUT2D eigenvalue weighted by Gasteiger charge is 2.38. The lowest BCUT2D eigenvalue weighted by atomic mass is 9.77. The molecule has 0 aromatic rings. The molecule has 0 fully saturated rings. The number of hydrogen-bond donors (Lipinski definition) is 0. The molecule has 0 saturated heterocycles. The Labute approximate surface area is 163 Å². The smallest absolute Gasteiger partial charge is 0.457 e. The third kappa shape index (κ3) is 9.57. The average molecular weight is 385 g/mol. The summed E-state index contributed by atoms with van der Waals surface area (Å²) in [5, 5.41) is 0.185. The minimum Gasteiger partial charge on any atom is -0.532 e. The van der Waals surface area contributed by atoms with Crippen molar-refractivity contribution in [2.45, 2.75) is 118 Å². The summed E-state index contributed by atoms with van der Waals surface area (Å²) < 4.78 is 24.4. The maximum atomic E-state index is 6.38. The van der Waals surface area contributed by atoms with Gasteiger partial charge < -0.3 is 18.4 Å². The van der Waals surface area contributed by atoms with Crippen molar-refractivity contribution in [2.75, 3.05) is 0 Å². The fourth-order valence-electron chi connectivity index (χ4n) is 2.32. The first-order valence-electron chi connectivity index (χ1n) is 9.95. The Hall–Kier alpha value is -0.318. The molecule has 0 aliphatic rings. The van der Waals surface area contributed by atoms with Crippen LogP contribution in [0.3, 0.4) is 0 Å². The zero-order valence-electron chi connectivity index (χ0n) is 19.2. The Balaban J connectivity index is 5.28. The monoisotopic (exact) mass is 385 g/mol. The maximum Gasteiger partial charge on any atom is 0.457 e. The molecule has 0 spiro atoms. The second-order valence-corrected chi connectivity index (χ2v) is 14.2. The summed E-state index contributed by atoms with van der Waals surface area (Å²) in [4.78, 5) is 0. The molecule has 0 aliphatic carbocycles. The summed E-state index contributed by atoms with van der Waals surface area (Å²) in [5.74, 6) is 6.38. The standard InChI is InChI=1S/C20H42BO4Si/c1-16(2)22-21(23-17(3)4,24-18(5)6)15-13-14-19(7)25-26(11,12)20(8,9)10/h16-19H,14H2,1-12H3/q-1. The highest BCUT2D eigenvalue weighted by molar-refractivity contribution is 6.74. The fourth-order valence-corrected chi connectivity index (χ4v) is 3.77. The molecule has 0 aromatic carbocycles. The molecule has 0 rings (SSSR count). The zero-order chi connectivity index (χ0) is 20.8. The van der Waals surface area contributed by atoms with E-state index in [0.29, 0.717) is 6.42 Å². The van der Waals surface area contributed by atoms with Crippen molar-refractivity contribution >= 4 is 15.1 Å². The molecule has 0 heterocycles. The second kappa shape index (κ2) is 10.3. The largest absolute Gasteiger partial charge is 0.532 e. The molecule has 0 N–H and O–H groups in total. The summed E-state index contributed by atoms with van der Waals surface area (Å²) in [6.45, 7) is 23.0. The Kier molecular flexibility index (Phi) is 10.2. The van der Waals surface area contributed by atoms with Crippen molar-refractivity contribution in [3.8, 4) is 11.7 Å². The molecule has 0 amide bonds. The lowest BCUT2D eigenvalue weighted by Crippen LogP contribution is -2.50. The maximum absolute atomic E-state index is 6.38. The molecule has 0 radical (unpaired) electrons. The third-order valence-corrected chi connectivity index (χ3v) is 8.93. The Morgan fingerprint density at radius 3 is 1.50 bits per heavy atom. The van der Waals surface area contributed by atoms with Crippen LogP contribution in [0.1, 0.15) is 75.7 Å². The van der Waals surface area contributed by atoms with Gasteiger partial charge in [-0.3, -0.25) is 0 Å². The van der Waals surface area contributed by atoms with Gasteiger partial charge in [0.2, 0.25) is 0 Å². The molecule has 0 bridgehead atoms. The summed E-state index contributed by atoms with van der Waals surface area (Å²) in [7, 11) is -1.80. The molecule has 4 nitrogen and oxygen atoms in total. The molecular formula is C20H42BO4Si-. The van der Waals surface area contributed by atoms with Crippen molar-refractivity contribution < 1.29 is 18.4 Å². The van der Waals surface area contributed by atoms with E-state index in [0.717, 1.165) is 0 Å². The van der Waals surface area contributed by atoms with E-state index < -0.39 is 15.1 Å². The topological polar surface area (TPSA) is 36.9 Å². The molecule has 0 saturated carbocycles. The van der Waals surface area contributed by atoms with Crippen molar-refractivity contribution in [3.63, 3.8) is 0 Å². The van der Waals surface area contributed by atoms with Crippen LogP contribution in [0.25, 0.3) is 0 Å². The summed E-state index contributed by atoms with van der Waals surface area (Å²) in [6, 6.07) is 0. The van der Waals surface area contributed by atoms with Crippen LogP contribution in [0, 0.1) is 11.7 Å². The average Bonchev–Trinajstić information content (AvgIpc) is 2.33. The quantitative estimate of drug-likeness (QED) is 0.386. The van der Waals surface area contributed by atoms with E-state index in [9.17, 15) is 0 Å². The van der Waals surface area contributed by atoms with Gasteiger partial charge in [-0.2, -0.15) is 0 Å². The molecular weight excluding hydrogens is 343 g/mol. The van der Waals surface area contributed by atoms with Gasteiger partial charge in [0.1, 0.15) is 0 Å². The van der Waals surface area contributed by atoms with Gasteiger partial charge in [0.25, 0.3) is 0 Å². The van der Waals surface area contributed by atoms with Crippen LogP contribution >= 0.6 is 0 Å². The Morgan fingerprint density at radius 2 is 1.19 bits per heavy atom. The molecule has 6 heteroatoms. The predicted molar refractivity (Wildman–Crippen MR) is 115 cm³/mol. The van der Waals surface area contributed by atoms with Crippen molar-refractivity contribution in [1.82, 2.24) is 0 Å². The molecule has 0 aliphatic heterocycles. The first-order chi connectivity index (χ1) is 11.6. The highest BCUT2D eigenvalue weighted by atomic mass is 28.4. The van der Waals surface area contributed by atoms with Crippen molar-refractivity contribution in [1.29, 1.82) is 0 Å². The van der Waals surface area contributed by atoms with Gasteiger partial charge in [-0.1, -0.05) is 20.8 Å². The van der Waals surface area contributed by atoms with Crippen LogP contribution in [-0.2, 0) is 18.4 Å². The lowest BCUT2D eigenvalue weighted by Gasteiger charge is -2.42. The van der Waals surface area contributed by atoms with Gasteiger partial charge in [0.05, 0.1) is 6.10 Å². The van der Waals surface area contributed by atoms with Crippen LogP contribution in [0.15, 0.2) is 0 Å². The number of rotatable bonds is 9. The van der Waals surface area contributed by atoms with E-state index in [1.54, 1.807) is 0 Å². The molecule has 154 valence electrons. The number of hydrogen-bond acceptors (Lipinski definition) is 4. The van der Waals surface area contributed by atoms with E-state index in [-0.39, 0.29) is 29.5 Å². The van der Waals surface area contributed by atoms with Crippen LogP contribution in [0.2, 0.25) is 18.1 Å². The third-order valence-electron chi connectivity index (χ3n) is 4.32. The minimum atomic E-state index is -2.11. The van der Waals surface area contributed by atoms with Crippen LogP contribution < -0.4 is 0 Å². The van der Waals surface area contributed by atoms with E-state index in [1.807, 2.05) is 41.5 Å². The van der Waals surface area contributed by atoms with E-state index in [2.05, 4.69) is 52.5 Å². The summed E-state index contributed by atoms with van der Waals surface area (Å²) >= 11 is 0. The lowest BCUT2D eigenvalue weighted by molar-refractivity contribution is 0.0163. The second-order valence-electron chi connectivity index (χ2n) is 9.41. The predicted octanol–water partition coefficient (Wildman–Crippen LogP) is 5.54. The summed E-state index contributed by atoms with van der Waals surface area (Å²) in [5.41, 5.74) is 0. The van der Waals surface area contributed by atoms with Gasteiger partial charge in [-0.15, -0.1) is 5.92 Å². The van der Waals surface area contributed by atoms with Crippen LogP contribution in [-0.4, -0.2) is 39.5 Å².